The van der Waals surface area contributed by atoms with E-state index in [1.807, 2.05) is 66.7 Å². The Bertz CT molecular complexity index is 1040. The molecule has 0 fully saturated rings. The molecular formula is C26H26O3Si. The van der Waals surface area contributed by atoms with Gasteiger partial charge in [-0.2, -0.15) is 0 Å². The first kappa shape index (κ1) is 21.4. The Balaban J connectivity index is 1.80. The van der Waals surface area contributed by atoms with Crippen LogP contribution in [0, 0.1) is 11.5 Å². The van der Waals surface area contributed by atoms with Crippen molar-refractivity contribution in [3.63, 3.8) is 0 Å². The minimum Gasteiger partial charge on any atom is -0.488 e. The first-order valence-corrected chi connectivity index (χ1v) is 13.5. The maximum atomic E-state index is 12.6. The topological polar surface area (TPSA) is 35.5 Å². The van der Waals surface area contributed by atoms with Gasteiger partial charge < -0.3 is 9.47 Å². The molecule has 0 amide bonds. The Morgan fingerprint density at radius 3 is 2.03 bits per heavy atom. The van der Waals surface area contributed by atoms with Gasteiger partial charge in [-0.3, -0.25) is 0 Å². The molecule has 152 valence electrons. The lowest BCUT2D eigenvalue weighted by Crippen LogP contribution is -2.16. The Morgan fingerprint density at radius 1 is 0.833 bits per heavy atom. The summed E-state index contributed by atoms with van der Waals surface area (Å²) in [5.74, 6) is 3.46. The fourth-order valence-corrected chi connectivity index (χ4v) is 3.18. The van der Waals surface area contributed by atoms with Crippen LogP contribution in [0.2, 0.25) is 19.6 Å². The smallest absolute Gasteiger partial charge is 0.338 e. The van der Waals surface area contributed by atoms with E-state index < -0.39 is 8.07 Å². The quantitative estimate of drug-likeness (QED) is 0.288. The lowest BCUT2D eigenvalue weighted by molar-refractivity contribution is 0.0472. The zero-order valence-electron chi connectivity index (χ0n) is 17.6. The Hall–Kier alpha value is -3.29. The fourth-order valence-electron chi connectivity index (χ4n) is 2.67. The van der Waals surface area contributed by atoms with Crippen LogP contribution in [0.4, 0.5) is 0 Å². The molecule has 0 bridgehead atoms. The summed E-state index contributed by atoms with van der Waals surface area (Å²) in [6, 6.07) is 24.9. The van der Waals surface area contributed by atoms with Gasteiger partial charge >= 0.3 is 5.97 Å². The first-order valence-electron chi connectivity index (χ1n) is 9.96. The van der Waals surface area contributed by atoms with Crippen molar-refractivity contribution in [2.75, 3.05) is 0 Å². The summed E-state index contributed by atoms with van der Waals surface area (Å²) >= 11 is 0. The Labute approximate surface area is 179 Å². The van der Waals surface area contributed by atoms with Crippen LogP contribution >= 0.6 is 0 Å². The molecule has 0 atom stereocenters. The largest absolute Gasteiger partial charge is 0.488 e. The third-order valence-corrected chi connectivity index (χ3v) is 5.11. The molecule has 0 aliphatic heterocycles. The summed E-state index contributed by atoms with van der Waals surface area (Å²) in [5.41, 5.74) is 6.60. The van der Waals surface area contributed by atoms with Crippen molar-refractivity contribution in [2.45, 2.75) is 32.9 Å². The predicted molar refractivity (Wildman–Crippen MR) is 123 cm³/mol. The summed E-state index contributed by atoms with van der Waals surface area (Å²) in [6.45, 7) is 7.22. The fraction of sp³-hybridized carbons (Fsp3) is 0.192. The molecule has 3 nitrogen and oxygen atoms in total. The molecule has 0 N–H and O–H groups in total. The van der Waals surface area contributed by atoms with E-state index in [9.17, 15) is 4.79 Å². The van der Waals surface area contributed by atoms with Crippen molar-refractivity contribution in [1.82, 2.24) is 0 Å². The second kappa shape index (κ2) is 9.95. The molecule has 30 heavy (non-hydrogen) atoms. The van der Waals surface area contributed by atoms with Gasteiger partial charge in [0.05, 0.1) is 11.1 Å². The number of hydrogen-bond donors (Lipinski definition) is 0. The zero-order chi connectivity index (χ0) is 21.4. The molecule has 0 heterocycles. The molecule has 3 aromatic carbocycles. The summed E-state index contributed by atoms with van der Waals surface area (Å²) < 4.78 is 11.5. The standard InChI is InChI=1S/C26H26O3Si/c1-30(2,3)17-16-23-14-15-24(26(27)29-20-22-12-8-5-9-13-22)18-25(23)28-19-21-10-6-4-7-11-21/h4-15,18H,19-20H2,1-3H3. The van der Waals surface area contributed by atoms with E-state index in [1.54, 1.807) is 12.1 Å². The van der Waals surface area contributed by atoms with Gasteiger partial charge in [-0.25, -0.2) is 4.79 Å². The minimum atomic E-state index is -1.54. The summed E-state index contributed by atoms with van der Waals surface area (Å²) in [6.07, 6.45) is 0. The summed E-state index contributed by atoms with van der Waals surface area (Å²) in [4.78, 5) is 12.6. The van der Waals surface area contributed by atoms with E-state index in [-0.39, 0.29) is 12.6 Å². The Morgan fingerprint density at radius 2 is 1.43 bits per heavy atom. The monoisotopic (exact) mass is 414 g/mol. The number of hydrogen-bond acceptors (Lipinski definition) is 3. The summed E-state index contributed by atoms with van der Waals surface area (Å²) in [7, 11) is -1.54. The zero-order valence-corrected chi connectivity index (χ0v) is 18.6. The minimum absolute atomic E-state index is 0.233. The molecule has 0 saturated carbocycles. The predicted octanol–water partition coefficient (Wildman–Crippen LogP) is 5.85. The van der Waals surface area contributed by atoms with Crippen molar-refractivity contribution in [3.05, 3.63) is 101 Å². The number of benzene rings is 3. The highest BCUT2D eigenvalue weighted by Gasteiger charge is 2.13. The van der Waals surface area contributed by atoms with E-state index in [0.717, 1.165) is 16.7 Å². The number of carbonyl (C=O) groups is 1. The van der Waals surface area contributed by atoms with Gasteiger partial charge in [0.15, 0.2) is 0 Å². The van der Waals surface area contributed by atoms with Crippen LogP contribution in [-0.2, 0) is 18.0 Å². The van der Waals surface area contributed by atoms with Crippen molar-refractivity contribution < 1.29 is 14.3 Å². The van der Waals surface area contributed by atoms with Crippen LogP contribution in [0.25, 0.3) is 0 Å². The molecule has 3 aromatic rings. The number of esters is 1. The maximum absolute atomic E-state index is 12.6. The van der Waals surface area contributed by atoms with Gasteiger partial charge in [0.25, 0.3) is 0 Å². The molecule has 4 heteroatoms. The maximum Gasteiger partial charge on any atom is 0.338 e. The van der Waals surface area contributed by atoms with Gasteiger partial charge in [-0.1, -0.05) is 86.2 Å². The molecule has 0 unspecified atom stereocenters. The van der Waals surface area contributed by atoms with Crippen LogP contribution in [0.3, 0.4) is 0 Å². The SMILES string of the molecule is C[Si](C)(C)C#Cc1ccc(C(=O)OCc2ccccc2)cc1OCc1ccccc1. The molecular weight excluding hydrogens is 388 g/mol. The lowest BCUT2D eigenvalue weighted by Gasteiger charge is -2.12. The second-order valence-electron chi connectivity index (χ2n) is 8.05. The highest BCUT2D eigenvalue weighted by Crippen LogP contribution is 2.22. The van der Waals surface area contributed by atoms with Gasteiger partial charge in [-0.05, 0) is 29.3 Å². The molecule has 0 aromatic heterocycles. The summed E-state index contributed by atoms with van der Waals surface area (Å²) in [5, 5.41) is 0. The highest BCUT2D eigenvalue weighted by molar-refractivity contribution is 6.83. The van der Waals surface area contributed by atoms with E-state index in [1.165, 1.54) is 0 Å². The van der Waals surface area contributed by atoms with Crippen LogP contribution in [0.1, 0.15) is 27.0 Å². The van der Waals surface area contributed by atoms with Gasteiger partial charge in [0, 0.05) is 0 Å². The number of carbonyl (C=O) groups excluding carboxylic acids is 1. The third kappa shape index (κ3) is 6.65. The van der Waals surface area contributed by atoms with Crippen molar-refractivity contribution in [1.29, 1.82) is 0 Å². The molecule has 0 aliphatic carbocycles. The molecule has 0 saturated heterocycles. The lowest BCUT2D eigenvalue weighted by atomic mass is 10.1. The van der Waals surface area contributed by atoms with E-state index in [0.29, 0.717) is 17.9 Å². The average Bonchev–Trinajstić information content (AvgIpc) is 2.75. The van der Waals surface area contributed by atoms with Crippen molar-refractivity contribution in [2.24, 2.45) is 0 Å². The van der Waals surface area contributed by atoms with Crippen LogP contribution < -0.4 is 4.74 Å². The van der Waals surface area contributed by atoms with Crippen LogP contribution in [-0.4, -0.2) is 14.0 Å². The van der Waals surface area contributed by atoms with Crippen molar-refractivity contribution in [3.8, 4) is 17.2 Å². The van der Waals surface area contributed by atoms with E-state index in [4.69, 9.17) is 9.47 Å². The van der Waals surface area contributed by atoms with Gasteiger partial charge in [-0.15, -0.1) is 5.54 Å². The normalized spacial score (nSPS) is 10.6. The number of ether oxygens (including phenoxy) is 2. The average molecular weight is 415 g/mol. The van der Waals surface area contributed by atoms with E-state index in [2.05, 4.69) is 31.1 Å². The van der Waals surface area contributed by atoms with E-state index >= 15 is 0 Å². The third-order valence-electron chi connectivity index (χ3n) is 4.24. The van der Waals surface area contributed by atoms with Crippen LogP contribution in [0.15, 0.2) is 78.9 Å². The van der Waals surface area contributed by atoms with Gasteiger partial charge in [0.1, 0.15) is 27.0 Å². The molecule has 0 spiro atoms. The highest BCUT2D eigenvalue weighted by atomic mass is 28.3. The van der Waals surface area contributed by atoms with Gasteiger partial charge in [0.2, 0.25) is 0 Å². The number of rotatable bonds is 6. The molecule has 0 radical (unpaired) electrons. The second-order valence-corrected chi connectivity index (χ2v) is 12.8. The first-order chi connectivity index (χ1) is 14.4. The Kier molecular flexibility index (Phi) is 7.11. The van der Waals surface area contributed by atoms with Crippen LogP contribution in [0.5, 0.6) is 5.75 Å². The van der Waals surface area contributed by atoms with Crippen molar-refractivity contribution >= 4 is 14.0 Å². The molecule has 3 rings (SSSR count). The molecule has 0 aliphatic rings.